The summed E-state index contributed by atoms with van der Waals surface area (Å²) in [7, 11) is 1.82. The molecule has 5 heteroatoms. The molecule has 0 radical (unpaired) electrons. The highest BCUT2D eigenvalue weighted by molar-refractivity contribution is 14.0. The molecule has 0 bridgehead atoms. The molecule has 0 saturated heterocycles. The zero-order valence-electron chi connectivity index (χ0n) is 13.3. The number of aliphatic imine (C=N–C) groups is 1. The van der Waals surface area contributed by atoms with Gasteiger partial charge in [-0.05, 0) is 44.2 Å². The standard InChI is InChI=1S/C17H26N4.HI/c1-18-17(20-13-10-15-7-3-2-4-8-15)21-14-11-16-9-5-6-12-19-16;/h5-7,9,12H,2-4,8,10-11,13-14H2,1H3,(H2,18,20,21);1H. The molecule has 0 aromatic carbocycles. The van der Waals surface area contributed by atoms with Crippen LogP contribution in [0.3, 0.4) is 0 Å². The molecule has 1 aliphatic carbocycles. The van der Waals surface area contributed by atoms with Gasteiger partial charge in [-0.2, -0.15) is 0 Å². The van der Waals surface area contributed by atoms with Gasteiger partial charge in [0.05, 0.1) is 0 Å². The van der Waals surface area contributed by atoms with Gasteiger partial charge in [0.2, 0.25) is 0 Å². The largest absolute Gasteiger partial charge is 0.356 e. The summed E-state index contributed by atoms with van der Waals surface area (Å²) in [4.78, 5) is 8.57. The number of allylic oxidation sites excluding steroid dienone is 1. The van der Waals surface area contributed by atoms with Crippen LogP contribution in [0.25, 0.3) is 0 Å². The summed E-state index contributed by atoms with van der Waals surface area (Å²) in [6, 6.07) is 6.01. The minimum atomic E-state index is 0. The van der Waals surface area contributed by atoms with Crippen molar-refractivity contribution in [1.82, 2.24) is 15.6 Å². The lowest BCUT2D eigenvalue weighted by molar-refractivity contribution is 0.665. The SMILES string of the molecule is CN=C(NCCC1=CCCCC1)NCCc1ccccn1.I. The van der Waals surface area contributed by atoms with E-state index in [2.05, 4.69) is 26.7 Å². The molecule has 4 nitrogen and oxygen atoms in total. The van der Waals surface area contributed by atoms with Crippen LogP contribution in [0.4, 0.5) is 0 Å². The van der Waals surface area contributed by atoms with E-state index in [-0.39, 0.29) is 24.0 Å². The summed E-state index contributed by atoms with van der Waals surface area (Å²) in [6.07, 6.45) is 11.5. The molecule has 0 spiro atoms. The Morgan fingerprint density at radius 2 is 2.00 bits per heavy atom. The second-order valence-electron chi connectivity index (χ2n) is 5.35. The lowest BCUT2D eigenvalue weighted by Gasteiger charge is -2.15. The Morgan fingerprint density at radius 3 is 2.64 bits per heavy atom. The average Bonchev–Trinajstić information content (AvgIpc) is 2.55. The van der Waals surface area contributed by atoms with Gasteiger partial charge >= 0.3 is 0 Å². The quantitative estimate of drug-likeness (QED) is 0.325. The summed E-state index contributed by atoms with van der Waals surface area (Å²) >= 11 is 0. The molecule has 0 aliphatic heterocycles. The average molecular weight is 414 g/mol. The van der Waals surface area contributed by atoms with Crippen LogP contribution in [-0.2, 0) is 6.42 Å². The number of nitrogens with zero attached hydrogens (tertiary/aromatic N) is 2. The third kappa shape index (κ3) is 7.24. The van der Waals surface area contributed by atoms with E-state index in [1.54, 1.807) is 5.57 Å². The maximum absolute atomic E-state index is 4.32. The molecule has 22 heavy (non-hydrogen) atoms. The van der Waals surface area contributed by atoms with E-state index in [9.17, 15) is 0 Å². The number of nitrogens with one attached hydrogen (secondary N) is 2. The lowest BCUT2D eigenvalue weighted by atomic mass is 9.97. The van der Waals surface area contributed by atoms with Gasteiger partial charge in [0, 0.05) is 38.4 Å². The highest BCUT2D eigenvalue weighted by Gasteiger charge is 2.04. The predicted octanol–water partition coefficient (Wildman–Crippen LogP) is 3.30. The van der Waals surface area contributed by atoms with Crippen LogP contribution in [-0.4, -0.2) is 31.1 Å². The van der Waals surface area contributed by atoms with E-state index in [0.717, 1.165) is 37.6 Å². The molecule has 0 atom stereocenters. The summed E-state index contributed by atoms with van der Waals surface area (Å²) in [5.41, 5.74) is 2.70. The molecule has 1 aromatic rings. The number of hydrogen-bond acceptors (Lipinski definition) is 2. The Bertz CT molecular complexity index is 471. The normalized spacial score (nSPS) is 14.8. The van der Waals surface area contributed by atoms with Crippen LogP contribution >= 0.6 is 24.0 Å². The number of rotatable bonds is 6. The highest BCUT2D eigenvalue weighted by atomic mass is 127. The van der Waals surface area contributed by atoms with Crippen LogP contribution < -0.4 is 10.6 Å². The highest BCUT2D eigenvalue weighted by Crippen LogP contribution is 2.19. The number of guanidine groups is 1. The smallest absolute Gasteiger partial charge is 0.190 e. The number of halogens is 1. The van der Waals surface area contributed by atoms with Crippen LogP contribution in [0.15, 0.2) is 41.0 Å². The topological polar surface area (TPSA) is 49.3 Å². The van der Waals surface area contributed by atoms with E-state index < -0.39 is 0 Å². The lowest BCUT2D eigenvalue weighted by Crippen LogP contribution is -2.38. The molecule has 0 saturated carbocycles. The molecule has 1 aromatic heterocycles. The second-order valence-corrected chi connectivity index (χ2v) is 5.35. The zero-order valence-corrected chi connectivity index (χ0v) is 15.7. The summed E-state index contributed by atoms with van der Waals surface area (Å²) in [6.45, 7) is 1.80. The van der Waals surface area contributed by atoms with E-state index in [4.69, 9.17) is 0 Å². The minimum Gasteiger partial charge on any atom is -0.356 e. The molecule has 2 N–H and O–H groups in total. The Hall–Kier alpha value is -1.11. The first-order valence-corrected chi connectivity index (χ1v) is 7.91. The van der Waals surface area contributed by atoms with Crippen LogP contribution in [0.5, 0.6) is 0 Å². The van der Waals surface area contributed by atoms with Crippen molar-refractivity contribution in [2.45, 2.75) is 38.5 Å². The summed E-state index contributed by atoms with van der Waals surface area (Å²) in [5, 5.41) is 6.72. The molecule has 0 unspecified atom stereocenters. The first kappa shape index (κ1) is 18.9. The van der Waals surface area contributed by atoms with Crippen LogP contribution in [0.1, 0.15) is 37.8 Å². The fourth-order valence-corrected chi connectivity index (χ4v) is 2.55. The van der Waals surface area contributed by atoms with Crippen molar-refractivity contribution in [2.75, 3.05) is 20.1 Å². The third-order valence-corrected chi connectivity index (χ3v) is 3.75. The van der Waals surface area contributed by atoms with Gasteiger partial charge in [-0.3, -0.25) is 9.98 Å². The molecule has 0 amide bonds. The molecular formula is C17H27IN4. The number of aromatic nitrogens is 1. The minimum absolute atomic E-state index is 0. The molecule has 2 rings (SSSR count). The van der Waals surface area contributed by atoms with Crippen molar-refractivity contribution in [1.29, 1.82) is 0 Å². The van der Waals surface area contributed by atoms with Crippen molar-refractivity contribution in [3.8, 4) is 0 Å². The van der Waals surface area contributed by atoms with Gasteiger partial charge in [0.1, 0.15) is 0 Å². The predicted molar refractivity (Wildman–Crippen MR) is 104 cm³/mol. The molecule has 1 heterocycles. The number of pyridine rings is 1. The maximum atomic E-state index is 4.32. The van der Waals surface area contributed by atoms with Crippen molar-refractivity contribution in [3.05, 3.63) is 41.7 Å². The van der Waals surface area contributed by atoms with Crippen molar-refractivity contribution in [3.63, 3.8) is 0 Å². The molecule has 1 aliphatic rings. The second kappa shape index (κ2) is 11.5. The van der Waals surface area contributed by atoms with Gasteiger partial charge in [-0.15, -0.1) is 24.0 Å². The van der Waals surface area contributed by atoms with E-state index >= 15 is 0 Å². The van der Waals surface area contributed by atoms with E-state index in [0.29, 0.717) is 0 Å². The monoisotopic (exact) mass is 414 g/mol. The van der Waals surface area contributed by atoms with Crippen LogP contribution in [0.2, 0.25) is 0 Å². The zero-order chi connectivity index (χ0) is 14.8. The van der Waals surface area contributed by atoms with Gasteiger partial charge in [-0.1, -0.05) is 17.7 Å². The first-order chi connectivity index (χ1) is 10.4. The van der Waals surface area contributed by atoms with Crippen LogP contribution in [0, 0.1) is 0 Å². The van der Waals surface area contributed by atoms with E-state index in [1.165, 1.54) is 25.7 Å². The Balaban J connectivity index is 0.00000242. The van der Waals surface area contributed by atoms with Gasteiger partial charge in [-0.25, -0.2) is 0 Å². The van der Waals surface area contributed by atoms with Crippen molar-refractivity contribution in [2.24, 2.45) is 4.99 Å². The fourth-order valence-electron chi connectivity index (χ4n) is 2.55. The Kier molecular flexibility index (Phi) is 9.86. The Labute approximate surface area is 150 Å². The van der Waals surface area contributed by atoms with E-state index in [1.807, 2.05) is 31.4 Å². The summed E-state index contributed by atoms with van der Waals surface area (Å²) in [5.74, 6) is 0.877. The molecule has 0 fully saturated rings. The van der Waals surface area contributed by atoms with Gasteiger partial charge in [0.25, 0.3) is 0 Å². The van der Waals surface area contributed by atoms with Crippen molar-refractivity contribution < 1.29 is 0 Å². The molecule has 122 valence electrons. The Morgan fingerprint density at radius 1 is 1.18 bits per heavy atom. The van der Waals surface area contributed by atoms with Crippen molar-refractivity contribution >= 4 is 29.9 Å². The fraction of sp³-hybridized carbons (Fsp3) is 0.529. The van der Waals surface area contributed by atoms with Gasteiger partial charge < -0.3 is 10.6 Å². The first-order valence-electron chi connectivity index (χ1n) is 7.91. The third-order valence-electron chi connectivity index (χ3n) is 3.75. The molecular weight excluding hydrogens is 387 g/mol. The number of hydrogen-bond donors (Lipinski definition) is 2. The summed E-state index contributed by atoms with van der Waals surface area (Å²) < 4.78 is 0. The van der Waals surface area contributed by atoms with Gasteiger partial charge in [0.15, 0.2) is 5.96 Å². The maximum Gasteiger partial charge on any atom is 0.190 e.